The number of likely N-dealkylation sites (N-methyl/N-ethyl adjacent to an activating group) is 1. The van der Waals surface area contributed by atoms with Crippen molar-refractivity contribution in [2.45, 2.75) is 53.1 Å². The smallest absolute Gasteiger partial charge is 0.256 e. The van der Waals surface area contributed by atoms with E-state index in [0.29, 0.717) is 24.5 Å². The van der Waals surface area contributed by atoms with E-state index in [4.69, 9.17) is 0 Å². The first kappa shape index (κ1) is 25.2. The molecule has 9 nitrogen and oxygen atoms in total. The summed E-state index contributed by atoms with van der Waals surface area (Å²) in [6, 6.07) is 7.89. The standard InChI is InChI=1S/C27H34N6O3/c1-6-19(13-18(4)14-24(34)28-17(2)3)26(35)29-23-16-25-32(11-12-33(25)30-23)21-7-8-22-20(15-21)9-10-31(5)27(22)36/h6-8,13,15-17H,9-12,14H2,1-5H3,(H,28,34)(H,29,30,35)/b18-13+,19-6+. The van der Waals surface area contributed by atoms with E-state index >= 15 is 0 Å². The van der Waals surface area contributed by atoms with Crippen molar-refractivity contribution in [3.63, 3.8) is 0 Å². The maximum Gasteiger partial charge on any atom is 0.256 e. The Balaban J connectivity index is 1.46. The second-order valence-corrected chi connectivity index (χ2v) is 9.67. The minimum absolute atomic E-state index is 0.0592. The number of amides is 3. The highest BCUT2D eigenvalue weighted by Gasteiger charge is 2.27. The molecule has 0 bridgehead atoms. The fraction of sp³-hybridized carbons (Fsp3) is 0.407. The Bertz CT molecular complexity index is 1260. The molecule has 0 fully saturated rings. The molecule has 0 aliphatic carbocycles. The Labute approximate surface area is 211 Å². The monoisotopic (exact) mass is 490 g/mol. The molecule has 2 aromatic rings. The third-order valence-electron chi connectivity index (χ3n) is 6.37. The number of hydrogen-bond donors (Lipinski definition) is 2. The van der Waals surface area contributed by atoms with E-state index in [-0.39, 0.29) is 30.2 Å². The van der Waals surface area contributed by atoms with Crippen molar-refractivity contribution in [1.29, 1.82) is 0 Å². The zero-order valence-corrected chi connectivity index (χ0v) is 21.6. The van der Waals surface area contributed by atoms with Gasteiger partial charge in [0, 0.05) is 55.5 Å². The number of rotatable bonds is 7. The quantitative estimate of drug-likeness (QED) is 0.458. The van der Waals surface area contributed by atoms with Gasteiger partial charge < -0.3 is 20.4 Å². The van der Waals surface area contributed by atoms with E-state index in [1.54, 1.807) is 24.0 Å². The second-order valence-electron chi connectivity index (χ2n) is 9.67. The van der Waals surface area contributed by atoms with Gasteiger partial charge in [-0.25, -0.2) is 4.68 Å². The molecule has 2 aliphatic heterocycles. The van der Waals surface area contributed by atoms with Crippen molar-refractivity contribution in [3.8, 4) is 0 Å². The summed E-state index contributed by atoms with van der Waals surface area (Å²) in [5.74, 6) is 1.07. The molecule has 4 rings (SSSR count). The highest BCUT2D eigenvalue weighted by Crippen LogP contribution is 2.34. The summed E-state index contributed by atoms with van der Waals surface area (Å²) >= 11 is 0. The number of nitrogens with zero attached hydrogens (tertiary/aromatic N) is 4. The van der Waals surface area contributed by atoms with Crippen LogP contribution in [0, 0.1) is 0 Å². The zero-order chi connectivity index (χ0) is 26.0. The lowest BCUT2D eigenvalue weighted by Crippen LogP contribution is -2.34. The number of anilines is 3. The van der Waals surface area contributed by atoms with E-state index in [9.17, 15) is 14.4 Å². The third kappa shape index (κ3) is 5.35. The van der Waals surface area contributed by atoms with Gasteiger partial charge in [0.1, 0.15) is 5.82 Å². The minimum Gasteiger partial charge on any atom is -0.354 e. The molecule has 0 radical (unpaired) electrons. The molecule has 3 amide bonds. The van der Waals surface area contributed by atoms with Gasteiger partial charge in [-0.3, -0.25) is 14.4 Å². The average Bonchev–Trinajstić information content (AvgIpc) is 3.39. The number of allylic oxidation sites excluding steroid dienone is 1. The summed E-state index contributed by atoms with van der Waals surface area (Å²) < 4.78 is 1.88. The number of carbonyl (C=O) groups excluding carboxylic acids is 3. The average molecular weight is 491 g/mol. The number of hydrogen-bond acceptors (Lipinski definition) is 5. The maximum absolute atomic E-state index is 12.9. The second kappa shape index (κ2) is 10.4. The Kier molecular flexibility index (Phi) is 7.28. The molecule has 0 unspecified atom stereocenters. The molecule has 1 aromatic heterocycles. The molecule has 2 N–H and O–H groups in total. The van der Waals surface area contributed by atoms with E-state index in [1.807, 2.05) is 50.7 Å². The van der Waals surface area contributed by atoms with E-state index in [1.165, 1.54) is 0 Å². The van der Waals surface area contributed by atoms with Crippen LogP contribution in [0.25, 0.3) is 0 Å². The van der Waals surface area contributed by atoms with Crippen molar-refractivity contribution in [2.24, 2.45) is 0 Å². The van der Waals surface area contributed by atoms with Crippen LogP contribution >= 0.6 is 0 Å². The van der Waals surface area contributed by atoms with Crippen LogP contribution in [0.1, 0.15) is 50.0 Å². The molecule has 2 aliphatic rings. The highest BCUT2D eigenvalue weighted by molar-refractivity contribution is 6.05. The van der Waals surface area contributed by atoms with Crippen LogP contribution in [-0.2, 0) is 22.6 Å². The lowest BCUT2D eigenvalue weighted by Gasteiger charge is -2.26. The van der Waals surface area contributed by atoms with Crippen molar-refractivity contribution >= 4 is 35.0 Å². The van der Waals surface area contributed by atoms with Gasteiger partial charge in [0.05, 0.1) is 6.54 Å². The van der Waals surface area contributed by atoms with Crippen LogP contribution in [0.3, 0.4) is 0 Å². The fourth-order valence-electron chi connectivity index (χ4n) is 4.59. The Morgan fingerprint density at radius 1 is 1.17 bits per heavy atom. The summed E-state index contributed by atoms with van der Waals surface area (Å²) in [5.41, 5.74) is 4.10. The summed E-state index contributed by atoms with van der Waals surface area (Å²) in [7, 11) is 1.83. The first-order chi connectivity index (χ1) is 17.2. The predicted molar refractivity (Wildman–Crippen MR) is 140 cm³/mol. The van der Waals surface area contributed by atoms with Gasteiger partial charge in [0.15, 0.2) is 5.82 Å². The van der Waals surface area contributed by atoms with Crippen LogP contribution in [0.5, 0.6) is 0 Å². The molecular weight excluding hydrogens is 456 g/mol. The Morgan fingerprint density at radius 2 is 1.94 bits per heavy atom. The Morgan fingerprint density at radius 3 is 2.67 bits per heavy atom. The van der Waals surface area contributed by atoms with E-state index in [0.717, 1.165) is 41.2 Å². The largest absolute Gasteiger partial charge is 0.354 e. The number of carbonyl (C=O) groups is 3. The van der Waals surface area contributed by atoms with E-state index in [2.05, 4.69) is 26.7 Å². The van der Waals surface area contributed by atoms with Gasteiger partial charge >= 0.3 is 0 Å². The van der Waals surface area contributed by atoms with Crippen molar-refractivity contribution < 1.29 is 14.4 Å². The van der Waals surface area contributed by atoms with Crippen LogP contribution in [0.2, 0.25) is 0 Å². The molecule has 190 valence electrons. The topological polar surface area (TPSA) is 99.6 Å². The predicted octanol–water partition coefficient (Wildman–Crippen LogP) is 3.41. The molecule has 1 aromatic carbocycles. The lowest BCUT2D eigenvalue weighted by molar-refractivity contribution is -0.121. The molecule has 0 spiro atoms. The van der Waals surface area contributed by atoms with Crippen LogP contribution in [0.4, 0.5) is 17.3 Å². The summed E-state index contributed by atoms with van der Waals surface area (Å²) in [6.45, 7) is 9.64. The summed E-state index contributed by atoms with van der Waals surface area (Å²) in [5, 5.41) is 10.3. The fourth-order valence-corrected chi connectivity index (χ4v) is 4.59. The van der Waals surface area contributed by atoms with Crippen LogP contribution in [0.15, 0.2) is 47.6 Å². The normalized spacial score (nSPS) is 15.8. The number of nitrogens with one attached hydrogen (secondary N) is 2. The molecule has 0 saturated heterocycles. The highest BCUT2D eigenvalue weighted by atomic mass is 16.2. The molecular formula is C27H34N6O3. The van der Waals surface area contributed by atoms with Crippen LogP contribution in [-0.4, -0.2) is 58.6 Å². The van der Waals surface area contributed by atoms with Gasteiger partial charge in [-0.2, -0.15) is 5.10 Å². The number of fused-ring (bicyclic) bond motifs is 2. The van der Waals surface area contributed by atoms with Crippen molar-refractivity contribution in [2.75, 3.05) is 30.4 Å². The summed E-state index contributed by atoms with van der Waals surface area (Å²) in [4.78, 5) is 41.3. The lowest BCUT2D eigenvalue weighted by atomic mass is 9.98. The van der Waals surface area contributed by atoms with Gasteiger partial charge in [0.2, 0.25) is 5.91 Å². The van der Waals surface area contributed by atoms with Crippen LogP contribution < -0.4 is 15.5 Å². The van der Waals surface area contributed by atoms with E-state index < -0.39 is 0 Å². The first-order valence-electron chi connectivity index (χ1n) is 12.3. The minimum atomic E-state index is -0.277. The van der Waals surface area contributed by atoms with Crippen molar-refractivity contribution in [1.82, 2.24) is 20.0 Å². The molecule has 3 heterocycles. The molecule has 0 saturated carbocycles. The third-order valence-corrected chi connectivity index (χ3v) is 6.37. The summed E-state index contributed by atoms with van der Waals surface area (Å²) in [6.07, 6.45) is 4.52. The number of aromatic nitrogens is 2. The molecule has 9 heteroatoms. The van der Waals surface area contributed by atoms with Crippen molar-refractivity contribution in [3.05, 3.63) is 58.7 Å². The SMILES string of the molecule is C/C=C(\C=C(/C)CC(=O)NC(C)C)C(=O)Nc1cc2n(n1)CCN2c1ccc2c(c1)CCN(C)C2=O. The van der Waals surface area contributed by atoms with Gasteiger partial charge in [0.25, 0.3) is 11.8 Å². The van der Waals surface area contributed by atoms with Gasteiger partial charge in [-0.05, 0) is 57.9 Å². The molecule has 36 heavy (non-hydrogen) atoms. The maximum atomic E-state index is 12.9. The molecule has 0 atom stereocenters. The first-order valence-corrected chi connectivity index (χ1v) is 12.3. The number of benzene rings is 1. The van der Waals surface area contributed by atoms with Gasteiger partial charge in [-0.15, -0.1) is 0 Å². The Hall–Kier alpha value is -3.88. The van der Waals surface area contributed by atoms with Gasteiger partial charge in [-0.1, -0.05) is 17.7 Å². The zero-order valence-electron chi connectivity index (χ0n) is 21.6.